The number of ether oxygens (including phenoxy) is 1. The molecule has 0 saturated carbocycles. The minimum atomic E-state index is 0.684. The largest absolute Gasteiger partial charge is 0.496 e. The molecule has 0 radical (unpaired) electrons. The Labute approximate surface area is 135 Å². The van der Waals surface area contributed by atoms with Crippen molar-refractivity contribution in [3.63, 3.8) is 0 Å². The summed E-state index contributed by atoms with van der Waals surface area (Å²) in [5.74, 6) is 1.55. The fraction of sp³-hybridized carbons (Fsp3) is 0.412. The number of rotatable bonds is 7. The molecule has 1 aromatic heterocycles. The molecule has 0 aliphatic heterocycles. The summed E-state index contributed by atoms with van der Waals surface area (Å²) >= 11 is 3.53. The van der Waals surface area contributed by atoms with Crippen LogP contribution in [0.3, 0.4) is 0 Å². The van der Waals surface area contributed by atoms with Crippen LogP contribution in [-0.2, 0) is 13.1 Å². The first-order chi connectivity index (χ1) is 10.1. The van der Waals surface area contributed by atoms with Gasteiger partial charge in [0.25, 0.3) is 0 Å². The van der Waals surface area contributed by atoms with E-state index in [1.165, 1.54) is 11.1 Å². The molecule has 1 heterocycles. The fourth-order valence-electron chi connectivity index (χ4n) is 2.22. The average molecular weight is 351 g/mol. The van der Waals surface area contributed by atoms with Gasteiger partial charge in [-0.1, -0.05) is 19.9 Å². The van der Waals surface area contributed by atoms with Gasteiger partial charge in [-0.3, -0.25) is 0 Å². The van der Waals surface area contributed by atoms with Crippen molar-refractivity contribution < 1.29 is 4.74 Å². The van der Waals surface area contributed by atoms with Gasteiger partial charge in [-0.05, 0) is 57.7 Å². The number of nitrogens with zero attached hydrogens (tertiary/aromatic N) is 1. The summed E-state index contributed by atoms with van der Waals surface area (Å²) in [4.78, 5) is 0. The molecule has 2 rings (SSSR count). The normalized spacial score (nSPS) is 11.1. The van der Waals surface area contributed by atoms with Crippen molar-refractivity contribution in [1.82, 2.24) is 9.88 Å². The highest BCUT2D eigenvalue weighted by Crippen LogP contribution is 2.25. The molecule has 114 valence electrons. The third-order valence-electron chi connectivity index (χ3n) is 3.27. The third-order valence-corrected chi connectivity index (χ3v) is 3.89. The Kier molecular flexibility index (Phi) is 5.88. The van der Waals surface area contributed by atoms with Crippen LogP contribution in [-0.4, -0.2) is 18.2 Å². The predicted octanol–water partition coefficient (Wildman–Crippen LogP) is 4.05. The SMILES string of the molecule is COc1ccc(Cn2ccc(CNCC(C)C)c2)cc1Br. The summed E-state index contributed by atoms with van der Waals surface area (Å²) in [5, 5.41) is 3.47. The summed E-state index contributed by atoms with van der Waals surface area (Å²) in [5.41, 5.74) is 2.57. The van der Waals surface area contributed by atoms with E-state index in [4.69, 9.17) is 4.74 Å². The lowest BCUT2D eigenvalue weighted by Gasteiger charge is -2.08. The van der Waals surface area contributed by atoms with Gasteiger partial charge in [0, 0.05) is 25.5 Å². The molecule has 0 amide bonds. The smallest absolute Gasteiger partial charge is 0.133 e. The molecule has 0 aliphatic rings. The molecule has 0 bridgehead atoms. The second-order valence-electron chi connectivity index (χ2n) is 5.69. The molecular weight excluding hydrogens is 328 g/mol. The van der Waals surface area contributed by atoms with E-state index >= 15 is 0 Å². The maximum atomic E-state index is 5.26. The number of hydrogen-bond acceptors (Lipinski definition) is 2. The molecule has 1 aromatic carbocycles. The van der Waals surface area contributed by atoms with Gasteiger partial charge < -0.3 is 14.6 Å². The molecule has 4 heteroatoms. The highest BCUT2D eigenvalue weighted by molar-refractivity contribution is 9.10. The molecule has 1 N–H and O–H groups in total. The fourth-order valence-corrected chi connectivity index (χ4v) is 2.81. The van der Waals surface area contributed by atoms with Crippen LogP contribution in [0, 0.1) is 5.92 Å². The lowest BCUT2D eigenvalue weighted by molar-refractivity contribution is 0.412. The minimum Gasteiger partial charge on any atom is -0.496 e. The van der Waals surface area contributed by atoms with Crippen molar-refractivity contribution in [2.45, 2.75) is 26.9 Å². The van der Waals surface area contributed by atoms with Crippen LogP contribution >= 0.6 is 15.9 Å². The highest BCUT2D eigenvalue weighted by Gasteiger charge is 2.03. The van der Waals surface area contributed by atoms with E-state index in [0.717, 1.165) is 29.9 Å². The molecule has 2 aromatic rings. The zero-order valence-electron chi connectivity index (χ0n) is 12.9. The topological polar surface area (TPSA) is 26.2 Å². The van der Waals surface area contributed by atoms with E-state index < -0.39 is 0 Å². The summed E-state index contributed by atoms with van der Waals surface area (Å²) in [6.07, 6.45) is 4.33. The summed E-state index contributed by atoms with van der Waals surface area (Å²) < 4.78 is 8.46. The third kappa shape index (κ3) is 4.90. The van der Waals surface area contributed by atoms with Gasteiger partial charge in [0.15, 0.2) is 0 Å². The monoisotopic (exact) mass is 350 g/mol. The average Bonchev–Trinajstić information content (AvgIpc) is 2.86. The van der Waals surface area contributed by atoms with Crippen LogP contribution in [0.25, 0.3) is 0 Å². The minimum absolute atomic E-state index is 0.684. The van der Waals surface area contributed by atoms with Crippen molar-refractivity contribution in [1.29, 1.82) is 0 Å². The first-order valence-corrected chi connectivity index (χ1v) is 8.05. The lowest BCUT2D eigenvalue weighted by atomic mass is 10.2. The number of benzene rings is 1. The Morgan fingerprint density at radius 1 is 1.24 bits per heavy atom. The quantitative estimate of drug-likeness (QED) is 0.814. The number of aromatic nitrogens is 1. The first kappa shape index (κ1) is 16.1. The molecule has 0 fully saturated rings. The highest BCUT2D eigenvalue weighted by atomic mass is 79.9. The van der Waals surface area contributed by atoms with Gasteiger partial charge in [-0.25, -0.2) is 0 Å². The van der Waals surface area contributed by atoms with Gasteiger partial charge in [0.05, 0.1) is 11.6 Å². The number of hydrogen-bond donors (Lipinski definition) is 1. The second-order valence-corrected chi connectivity index (χ2v) is 6.54. The van der Waals surface area contributed by atoms with E-state index in [-0.39, 0.29) is 0 Å². The van der Waals surface area contributed by atoms with E-state index in [0.29, 0.717) is 5.92 Å². The predicted molar refractivity (Wildman–Crippen MR) is 90.8 cm³/mol. The van der Waals surface area contributed by atoms with Gasteiger partial charge in [-0.2, -0.15) is 0 Å². The van der Waals surface area contributed by atoms with E-state index in [9.17, 15) is 0 Å². The number of halogens is 1. The maximum Gasteiger partial charge on any atom is 0.133 e. The van der Waals surface area contributed by atoms with E-state index in [1.54, 1.807) is 7.11 Å². The Bertz CT molecular complexity index is 578. The summed E-state index contributed by atoms with van der Waals surface area (Å²) in [6, 6.07) is 8.37. The van der Waals surface area contributed by atoms with Crippen LogP contribution in [0.2, 0.25) is 0 Å². The zero-order valence-corrected chi connectivity index (χ0v) is 14.5. The van der Waals surface area contributed by atoms with Gasteiger partial charge in [-0.15, -0.1) is 0 Å². The van der Waals surface area contributed by atoms with Crippen molar-refractivity contribution in [3.8, 4) is 5.75 Å². The molecule has 21 heavy (non-hydrogen) atoms. The van der Waals surface area contributed by atoms with Crippen LogP contribution in [0.5, 0.6) is 5.75 Å². The van der Waals surface area contributed by atoms with Crippen LogP contribution < -0.4 is 10.1 Å². The maximum absolute atomic E-state index is 5.26. The first-order valence-electron chi connectivity index (χ1n) is 7.26. The van der Waals surface area contributed by atoms with Crippen LogP contribution in [0.15, 0.2) is 41.1 Å². The van der Waals surface area contributed by atoms with Gasteiger partial charge >= 0.3 is 0 Å². The molecule has 0 atom stereocenters. The molecular formula is C17H23BrN2O. The Morgan fingerprint density at radius 3 is 2.71 bits per heavy atom. The lowest BCUT2D eigenvalue weighted by Crippen LogP contribution is -2.18. The van der Waals surface area contributed by atoms with E-state index in [1.807, 2.05) is 6.07 Å². The summed E-state index contributed by atoms with van der Waals surface area (Å²) in [7, 11) is 1.68. The Balaban J connectivity index is 1.94. The Morgan fingerprint density at radius 2 is 2.05 bits per heavy atom. The molecule has 0 aliphatic carbocycles. The van der Waals surface area contributed by atoms with Crippen LogP contribution in [0.4, 0.5) is 0 Å². The number of methoxy groups -OCH3 is 1. The standard InChI is InChI=1S/C17H23BrN2O/c1-13(2)9-19-10-15-6-7-20(12-15)11-14-4-5-17(21-3)16(18)8-14/h4-8,12-13,19H,9-11H2,1-3H3. The van der Waals surface area contributed by atoms with E-state index in [2.05, 4.69) is 70.3 Å². The van der Waals surface area contributed by atoms with Crippen molar-refractivity contribution in [3.05, 3.63) is 52.3 Å². The molecule has 0 saturated heterocycles. The molecule has 0 spiro atoms. The van der Waals surface area contributed by atoms with Gasteiger partial charge in [0.2, 0.25) is 0 Å². The van der Waals surface area contributed by atoms with Gasteiger partial charge in [0.1, 0.15) is 5.75 Å². The molecule has 3 nitrogen and oxygen atoms in total. The summed E-state index contributed by atoms with van der Waals surface area (Å²) in [6.45, 7) is 7.29. The van der Waals surface area contributed by atoms with Crippen molar-refractivity contribution >= 4 is 15.9 Å². The second kappa shape index (κ2) is 7.66. The van der Waals surface area contributed by atoms with Crippen molar-refractivity contribution in [2.24, 2.45) is 5.92 Å². The van der Waals surface area contributed by atoms with Crippen molar-refractivity contribution in [2.75, 3.05) is 13.7 Å². The number of nitrogens with one attached hydrogen (secondary N) is 1. The molecule has 0 unspecified atom stereocenters. The Hall–Kier alpha value is -1.26. The zero-order chi connectivity index (χ0) is 15.2. The van der Waals surface area contributed by atoms with Crippen LogP contribution in [0.1, 0.15) is 25.0 Å².